The van der Waals surface area contributed by atoms with Crippen molar-refractivity contribution in [1.82, 2.24) is 9.78 Å². The topological polar surface area (TPSA) is 60.1 Å². The van der Waals surface area contributed by atoms with E-state index in [1.807, 2.05) is 19.1 Å². The quantitative estimate of drug-likeness (QED) is 0.828. The summed E-state index contributed by atoms with van der Waals surface area (Å²) in [4.78, 5) is 0. The van der Waals surface area contributed by atoms with E-state index in [1.54, 1.807) is 25.0 Å². The maximum Gasteiger partial charge on any atom is 0.144 e. The Morgan fingerprint density at radius 3 is 2.61 bits per heavy atom. The molecule has 0 aliphatic carbocycles. The summed E-state index contributed by atoms with van der Waals surface area (Å²) in [7, 11) is 3.19. The second-order valence-electron chi connectivity index (χ2n) is 3.71. The molecule has 0 saturated heterocycles. The van der Waals surface area contributed by atoms with E-state index >= 15 is 0 Å². The van der Waals surface area contributed by atoms with Gasteiger partial charge in [0.25, 0.3) is 0 Å². The lowest BCUT2D eigenvalue weighted by Gasteiger charge is -2.11. The molecular formula is C13H13N3O2. The van der Waals surface area contributed by atoms with Crippen molar-refractivity contribution in [3.63, 3.8) is 0 Å². The summed E-state index contributed by atoms with van der Waals surface area (Å²) in [5.41, 5.74) is 2.06. The molecule has 1 heterocycles. The van der Waals surface area contributed by atoms with Crippen molar-refractivity contribution >= 4 is 0 Å². The highest BCUT2D eigenvalue weighted by Gasteiger charge is 2.12. The van der Waals surface area contributed by atoms with Gasteiger partial charge in [0.15, 0.2) is 0 Å². The van der Waals surface area contributed by atoms with Crippen LogP contribution < -0.4 is 9.47 Å². The van der Waals surface area contributed by atoms with Gasteiger partial charge in [0, 0.05) is 6.07 Å². The summed E-state index contributed by atoms with van der Waals surface area (Å²) in [6.45, 7) is 1.84. The van der Waals surface area contributed by atoms with E-state index in [0.29, 0.717) is 17.1 Å². The molecule has 2 aromatic rings. The third kappa shape index (κ3) is 1.89. The van der Waals surface area contributed by atoms with E-state index in [2.05, 4.69) is 11.2 Å². The molecule has 0 fully saturated rings. The molecule has 0 unspecified atom stereocenters. The number of nitriles is 1. The first-order valence-corrected chi connectivity index (χ1v) is 5.38. The van der Waals surface area contributed by atoms with E-state index in [9.17, 15) is 0 Å². The highest BCUT2D eigenvalue weighted by atomic mass is 16.5. The SMILES string of the molecule is COc1ccc(OC)c(-n2ncc(C#N)c2C)c1. The minimum absolute atomic E-state index is 0.542. The Kier molecular flexibility index (Phi) is 3.20. The van der Waals surface area contributed by atoms with Crippen molar-refractivity contribution in [3.8, 4) is 23.3 Å². The fourth-order valence-corrected chi connectivity index (χ4v) is 1.72. The lowest BCUT2D eigenvalue weighted by Crippen LogP contribution is -2.02. The fourth-order valence-electron chi connectivity index (χ4n) is 1.72. The largest absolute Gasteiger partial charge is 0.497 e. The average molecular weight is 243 g/mol. The van der Waals surface area contributed by atoms with Crippen LogP contribution in [0, 0.1) is 18.3 Å². The highest BCUT2D eigenvalue weighted by molar-refractivity contribution is 5.52. The standard InChI is InChI=1S/C13H13N3O2/c1-9-10(7-14)8-15-16(9)12-6-11(17-2)4-5-13(12)18-3/h4-6,8H,1-3H3. The molecule has 0 spiro atoms. The smallest absolute Gasteiger partial charge is 0.144 e. The molecule has 0 bridgehead atoms. The molecular weight excluding hydrogens is 230 g/mol. The number of benzene rings is 1. The Balaban J connectivity index is 2.61. The Bertz CT molecular complexity index is 611. The second-order valence-corrected chi connectivity index (χ2v) is 3.71. The van der Waals surface area contributed by atoms with Gasteiger partial charge in [0.1, 0.15) is 23.3 Å². The molecule has 1 aromatic carbocycles. The van der Waals surface area contributed by atoms with Crippen LogP contribution >= 0.6 is 0 Å². The van der Waals surface area contributed by atoms with Crippen molar-refractivity contribution in [2.75, 3.05) is 14.2 Å². The Morgan fingerprint density at radius 2 is 2.06 bits per heavy atom. The van der Waals surface area contributed by atoms with Crippen LogP contribution in [0.25, 0.3) is 5.69 Å². The Morgan fingerprint density at radius 1 is 1.28 bits per heavy atom. The van der Waals surface area contributed by atoms with Crippen molar-refractivity contribution in [1.29, 1.82) is 5.26 Å². The van der Waals surface area contributed by atoms with Crippen LogP contribution in [0.5, 0.6) is 11.5 Å². The molecule has 5 heteroatoms. The second kappa shape index (κ2) is 4.80. The number of aromatic nitrogens is 2. The first kappa shape index (κ1) is 12.0. The molecule has 0 radical (unpaired) electrons. The molecule has 0 saturated carbocycles. The van der Waals surface area contributed by atoms with Gasteiger partial charge in [0.2, 0.25) is 0 Å². The average Bonchev–Trinajstić information content (AvgIpc) is 2.78. The van der Waals surface area contributed by atoms with E-state index in [0.717, 1.165) is 11.4 Å². The van der Waals surface area contributed by atoms with E-state index in [4.69, 9.17) is 14.7 Å². The van der Waals surface area contributed by atoms with Crippen LogP contribution in [0.4, 0.5) is 0 Å². The maximum atomic E-state index is 8.95. The zero-order valence-corrected chi connectivity index (χ0v) is 10.5. The highest BCUT2D eigenvalue weighted by Crippen LogP contribution is 2.28. The van der Waals surface area contributed by atoms with Crippen LogP contribution in [0.15, 0.2) is 24.4 Å². The molecule has 0 aliphatic heterocycles. The first-order chi connectivity index (χ1) is 8.71. The van der Waals surface area contributed by atoms with Gasteiger partial charge >= 0.3 is 0 Å². The van der Waals surface area contributed by atoms with Gasteiger partial charge in [-0.25, -0.2) is 4.68 Å². The van der Waals surface area contributed by atoms with Gasteiger partial charge in [0.05, 0.1) is 31.7 Å². The number of methoxy groups -OCH3 is 2. The zero-order valence-electron chi connectivity index (χ0n) is 10.5. The lowest BCUT2D eigenvalue weighted by atomic mass is 10.2. The zero-order chi connectivity index (χ0) is 13.1. The predicted octanol–water partition coefficient (Wildman–Crippen LogP) is 2.07. The summed E-state index contributed by atoms with van der Waals surface area (Å²) in [6.07, 6.45) is 1.54. The maximum absolute atomic E-state index is 8.95. The first-order valence-electron chi connectivity index (χ1n) is 5.38. The molecule has 1 aromatic heterocycles. The summed E-state index contributed by atoms with van der Waals surface area (Å²) in [5, 5.41) is 13.1. The molecule has 18 heavy (non-hydrogen) atoms. The fraction of sp³-hybridized carbons (Fsp3) is 0.231. The number of hydrogen-bond acceptors (Lipinski definition) is 4. The van der Waals surface area contributed by atoms with Crippen LogP contribution in [0.3, 0.4) is 0 Å². The molecule has 0 aliphatic rings. The van der Waals surface area contributed by atoms with Crippen molar-refractivity contribution in [2.24, 2.45) is 0 Å². The van der Waals surface area contributed by atoms with Crippen molar-refractivity contribution < 1.29 is 9.47 Å². The van der Waals surface area contributed by atoms with Gasteiger partial charge in [-0.05, 0) is 19.1 Å². The van der Waals surface area contributed by atoms with Crippen LogP contribution in [0.1, 0.15) is 11.3 Å². The van der Waals surface area contributed by atoms with Crippen molar-refractivity contribution in [3.05, 3.63) is 35.7 Å². The summed E-state index contributed by atoms with van der Waals surface area (Å²) in [5.74, 6) is 1.38. The van der Waals surface area contributed by atoms with E-state index in [1.165, 1.54) is 6.20 Å². The minimum Gasteiger partial charge on any atom is -0.497 e. The minimum atomic E-state index is 0.542. The van der Waals surface area contributed by atoms with Gasteiger partial charge in [-0.3, -0.25) is 0 Å². The Hall–Kier alpha value is -2.48. The Labute approximate surface area is 105 Å². The number of hydrogen-bond donors (Lipinski definition) is 0. The molecule has 5 nitrogen and oxygen atoms in total. The van der Waals surface area contributed by atoms with Gasteiger partial charge in [-0.1, -0.05) is 0 Å². The number of rotatable bonds is 3. The normalized spacial score (nSPS) is 9.89. The van der Waals surface area contributed by atoms with Gasteiger partial charge in [-0.15, -0.1) is 0 Å². The third-order valence-electron chi connectivity index (χ3n) is 2.74. The van der Waals surface area contributed by atoms with Crippen LogP contribution in [0.2, 0.25) is 0 Å². The van der Waals surface area contributed by atoms with Crippen molar-refractivity contribution in [2.45, 2.75) is 6.92 Å². The summed E-state index contributed by atoms with van der Waals surface area (Å²) >= 11 is 0. The van der Waals surface area contributed by atoms with E-state index in [-0.39, 0.29) is 0 Å². The van der Waals surface area contributed by atoms with Crippen LogP contribution in [-0.4, -0.2) is 24.0 Å². The molecule has 92 valence electrons. The molecule has 0 N–H and O–H groups in total. The molecule has 2 rings (SSSR count). The summed E-state index contributed by atoms with van der Waals surface area (Å²) < 4.78 is 12.2. The molecule has 0 amide bonds. The number of nitrogens with zero attached hydrogens (tertiary/aromatic N) is 3. The number of ether oxygens (including phenoxy) is 2. The van der Waals surface area contributed by atoms with Crippen LogP contribution in [-0.2, 0) is 0 Å². The van der Waals surface area contributed by atoms with Gasteiger partial charge < -0.3 is 9.47 Å². The summed E-state index contributed by atoms with van der Waals surface area (Å²) in [6, 6.07) is 7.53. The molecule has 0 atom stereocenters. The lowest BCUT2D eigenvalue weighted by molar-refractivity contribution is 0.400. The van der Waals surface area contributed by atoms with E-state index < -0.39 is 0 Å². The van der Waals surface area contributed by atoms with Gasteiger partial charge in [-0.2, -0.15) is 10.4 Å². The monoisotopic (exact) mass is 243 g/mol. The predicted molar refractivity (Wildman–Crippen MR) is 66.1 cm³/mol. The third-order valence-corrected chi connectivity index (χ3v) is 2.74.